The topological polar surface area (TPSA) is 74.8 Å². The Balaban J connectivity index is 1.25. The van der Waals surface area contributed by atoms with Crippen LogP contribution in [0.1, 0.15) is 89.5 Å². The molecule has 1 heterocycles. The summed E-state index contributed by atoms with van der Waals surface area (Å²) in [6, 6.07) is 6.54. The molecule has 0 aliphatic heterocycles. The van der Waals surface area contributed by atoms with E-state index in [1.54, 1.807) is 12.1 Å². The highest BCUT2D eigenvalue weighted by molar-refractivity contribution is 5.44. The minimum atomic E-state index is -0.225. The van der Waals surface area contributed by atoms with E-state index in [1.807, 2.05) is 0 Å². The van der Waals surface area contributed by atoms with E-state index in [9.17, 15) is 4.39 Å². The van der Waals surface area contributed by atoms with Crippen LogP contribution in [0.4, 0.5) is 22.2 Å². The smallest absolute Gasteiger partial charge is 0.229 e. The van der Waals surface area contributed by atoms with E-state index >= 15 is 0 Å². The van der Waals surface area contributed by atoms with Crippen LogP contribution in [0.15, 0.2) is 24.3 Å². The monoisotopic (exact) mass is 480 g/mol. The molecule has 0 spiro atoms. The molecule has 1 aromatic carbocycles. The van der Waals surface area contributed by atoms with E-state index in [0.29, 0.717) is 24.4 Å². The molecule has 0 atom stereocenters. The fourth-order valence-electron chi connectivity index (χ4n) is 6.98. The van der Waals surface area contributed by atoms with Gasteiger partial charge in [-0.2, -0.15) is 15.0 Å². The first-order valence-electron chi connectivity index (χ1n) is 13.9. The molecule has 4 saturated carbocycles. The molecular weight excluding hydrogens is 439 g/mol. The van der Waals surface area contributed by atoms with Gasteiger partial charge in [0.2, 0.25) is 17.8 Å². The van der Waals surface area contributed by atoms with Crippen molar-refractivity contribution < 1.29 is 4.39 Å². The summed E-state index contributed by atoms with van der Waals surface area (Å²) in [7, 11) is 0. The van der Waals surface area contributed by atoms with Gasteiger partial charge in [-0.05, 0) is 80.4 Å². The molecule has 3 N–H and O–H groups in total. The molecule has 0 amide bonds. The summed E-state index contributed by atoms with van der Waals surface area (Å²) in [5.41, 5.74) is 1.13. The SMILES string of the molecule is CCCCCCCCNc1nc(NCc2ccc(F)cc2)nc(NC23CC4CC(CC(C4)C2)C3)n1. The first kappa shape index (κ1) is 24.3. The van der Waals surface area contributed by atoms with Gasteiger partial charge in [0.15, 0.2) is 0 Å². The van der Waals surface area contributed by atoms with E-state index in [0.717, 1.165) is 36.3 Å². The Kier molecular flexibility index (Phi) is 7.69. The van der Waals surface area contributed by atoms with E-state index in [2.05, 4.69) is 27.9 Å². The highest BCUT2D eigenvalue weighted by atomic mass is 19.1. The van der Waals surface area contributed by atoms with Crippen molar-refractivity contribution in [1.82, 2.24) is 15.0 Å². The molecule has 190 valence electrons. The van der Waals surface area contributed by atoms with Gasteiger partial charge in [0.25, 0.3) is 0 Å². The zero-order valence-corrected chi connectivity index (χ0v) is 21.2. The fourth-order valence-corrected chi connectivity index (χ4v) is 6.98. The van der Waals surface area contributed by atoms with Gasteiger partial charge in [-0.15, -0.1) is 0 Å². The molecule has 2 aromatic rings. The van der Waals surface area contributed by atoms with Crippen LogP contribution in [-0.4, -0.2) is 27.0 Å². The molecule has 4 bridgehead atoms. The molecule has 0 saturated heterocycles. The summed E-state index contributed by atoms with van der Waals surface area (Å²) in [4.78, 5) is 14.2. The third-order valence-electron chi connectivity index (χ3n) is 8.23. The van der Waals surface area contributed by atoms with Crippen molar-refractivity contribution in [2.24, 2.45) is 17.8 Å². The molecule has 4 aliphatic rings. The lowest BCUT2D eigenvalue weighted by Gasteiger charge is -2.56. The van der Waals surface area contributed by atoms with Crippen LogP contribution in [0.25, 0.3) is 0 Å². The summed E-state index contributed by atoms with van der Waals surface area (Å²) in [6.45, 7) is 3.65. The van der Waals surface area contributed by atoms with E-state index < -0.39 is 0 Å². The summed E-state index contributed by atoms with van der Waals surface area (Å²) < 4.78 is 13.3. The molecule has 0 unspecified atom stereocenters. The molecule has 4 aliphatic carbocycles. The van der Waals surface area contributed by atoms with Crippen LogP contribution in [-0.2, 0) is 6.54 Å². The summed E-state index contributed by atoms with van der Waals surface area (Å²) in [5.74, 6) is 4.21. The third kappa shape index (κ3) is 6.42. The second-order valence-electron chi connectivity index (χ2n) is 11.3. The van der Waals surface area contributed by atoms with Gasteiger partial charge in [-0.25, -0.2) is 4.39 Å². The van der Waals surface area contributed by atoms with Crippen LogP contribution in [0.5, 0.6) is 0 Å². The summed E-state index contributed by atoms with van der Waals surface area (Å²) in [6.07, 6.45) is 15.5. The first-order valence-corrected chi connectivity index (χ1v) is 13.9. The number of anilines is 3. The van der Waals surface area contributed by atoms with Crippen molar-refractivity contribution in [2.75, 3.05) is 22.5 Å². The number of rotatable bonds is 13. The van der Waals surface area contributed by atoms with Crippen molar-refractivity contribution in [3.63, 3.8) is 0 Å². The zero-order chi connectivity index (χ0) is 24.1. The number of hydrogen-bond acceptors (Lipinski definition) is 6. The lowest BCUT2D eigenvalue weighted by atomic mass is 9.53. The Hall–Kier alpha value is -2.44. The van der Waals surface area contributed by atoms with Crippen molar-refractivity contribution >= 4 is 17.8 Å². The van der Waals surface area contributed by atoms with Crippen LogP contribution in [0.3, 0.4) is 0 Å². The molecular formula is C28H41FN6. The van der Waals surface area contributed by atoms with E-state index in [-0.39, 0.29) is 11.4 Å². The van der Waals surface area contributed by atoms with E-state index in [4.69, 9.17) is 9.97 Å². The predicted molar refractivity (Wildman–Crippen MR) is 140 cm³/mol. The maximum atomic E-state index is 13.3. The van der Waals surface area contributed by atoms with Crippen molar-refractivity contribution in [2.45, 2.75) is 96.1 Å². The largest absolute Gasteiger partial charge is 0.354 e. The third-order valence-corrected chi connectivity index (χ3v) is 8.23. The van der Waals surface area contributed by atoms with Gasteiger partial charge < -0.3 is 16.0 Å². The van der Waals surface area contributed by atoms with Gasteiger partial charge in [0.1, 0.15) is 5.82 Å². The van der Waals surface area contributed by atoms with Gasteiger partial charge in [0, 0.05) is 18.6 Å². The number of nitrogens with one attached hydrogen (secondary N) is 3. The lowest BCUT2D eigenvalue weighted by Crippen LogP contribution is -2.55. The Morgan fingerprint density at radius 1 is 0.771 bits per heavy atom. The Morgan fingerprint density at radius 3 is 2.00 bits per heavy atom. The van der Waals surface area contributed by atoms with Crippen LogP contribution in [0, 0.1) is 23.6 Å². The minimum Gasteiger partial charge on any atom is -0.354 e. The highest BCUT2D eigenvalue weighted by Crippen LogP contribution is 2.56. The second-order valence-corrected chi connectivity index (χ2v) is 11.3. The van der Waals surface area contributed by atoms with Crippen molar-refractivity contribution in [3.05, 3.63) is 35.6 Å². The quantitative estimate of drug-likeness (QED) is 0.275. The van der Waals surface area contributed by atoms with Crippen LogP contribution in [0.2, 0.25) is 0 Å². The number of halogens is 1. The summed E-state index contributed by atoms with van der Waals surface area (Å²) in [5, 5.41) is 10.6. The Labute approximate surface area is 209 Å². The number of nitrogens with zero attached hydrogens (tertiary/aromatic N) is 3. The van der Waals surface area contributed by atoms with E-state index in [1.165, 1.54) is 82.8 Å². The highest BCUT2D eigenvalue weighted by Gasteiger charge is 2.51. The maximum Gasteiger partial charge on any atom is 0.229 e. The van der Waals surface area contributed by atoms with Gasteiger partial charge >= 0.3 is 0 Å². The molecule has 7 heteroatoms. The molecule has 6 nitrogen and oxygen atoms in total. The van der Waals surface area contributed by atoms with Crippen molar-refractivity contribution in [1.29, 1.82) is 0 Å². The lowest BCUT2D eigenvalue weighted by molar-refractivity contribution is 0.0103. The number of hydrogen-bond donors (Lipinski definition) is 3. The van der Waals surface area contributed by atoms with Gasteiger partial charge in [-0.3, -0.25) is 0 Å². The standard InChI is InChI=1S/C28H41FN6/c1-2-3-4-5-6-7-12-30-25-32-26(31-19-20-8-10-24(29)11-9-20)34-27(33-25)35-28-16-21-13-22(17-28)15-23(14-21)18-28/h8-11,21-23H,2-7,12-19H2,1H3,(H3,30,31,32,33,34,35). The normalized spacial score (nSPS) is 26.6. The van der Waals surface area contributed by atoms with Gasteiger partial charge in [0.05, 0.1) is 0 Å². The predicted octanol–water partition coefficient (Wildman–Crippen LogP) is 6.78. The Bertz CT molecular complexity index is 927. The molecule has 35 heavy (non-hydrogen) atoms. The molecule has 6 rings (SSSR count). The molecule has 4 fully saturated rings. The van der Waals surface area contributed by atoms with Crippen LogP contribution >= 0.6 is 0 Å². The number of benzene rings is 1. The number of unbranched alkanes of at least 4 members (excludes halogenated alkanes) is 5. The average molecular weight is 481 g/mol. The summed E-state index contributed by atoms with van der Waals surface area (Å²) >= 11 is 0. The average Bonchev–Trinajstić information content (AvgIpc) is 2.82. The van der Waals surface area contributed by atoms with Gasteiger partial charge in [-0.1, -0.05) is 51.2 Å². The van der Waals surface area contributed by atoms with Crippen LogP contribution < -0.4 is 16.0 Å². The maximum absolute atomic E-state index is 13.3. The molecule has 1 aromatic heterocycles. The zero-order valence-electron chi connectivity index (χ0n) is 21.2. The Morgan fingerprint density at radius 2 is 1.34 bits per heavy atom. The fraction of sp³-hybridized carbons (Fsp3) is 0.679. The minimum absolute atomic E-state index is 0.140. The first-order chi connectivity index (χ1) is 17.1. The second kappa shape index (κ2) is 11.1. The number of aromatic nitrogens is 3. The molecule has 0 radical (unpaired) electrons. The van der Waals surface area contributed by atoms with Crippen molar-refractivity contribution in [3.8, 4) is 0 Å².